The number of fused-ring (bicyclic) bond motifs is 5. The van der Waals surface area contributed by atoms with Crippen LogP contribution in [-0.4, -0.2) is 22.7 Å². The number of nitrogens with zero attached hydrogens (tertiary/aromatic N) is 2. The number of hydrogen-bond donors (Lipinski definition) is 0. The number of non-ortho nitro benzene ring substituents is 1. The molecule has 0 unspecified atom stereocenters. The van der Waals surface area contributed by atoms with Gasteiger partial charge in [-0.2, -0.15) is 0 Å². The van der Waals surface area contributed by atoms with Gasteiger partial charge in [0.05, 0.1) is 28.0 Å². The molecule has 8 nitrogen and oxygen atoms in total. The second-order valence-corrected chi connectivity index (χ2v) is 8.09. The molecule has 0 spiro atoms. The molecule has 3 aliphatic rings. The number of nitro groups is 1. The van der Waals surface area contributed by atoms with Gasteiger partial charge in [0.1, 0.15) is 5.75 Å². The summed E-state index contributed by atoms with van der Waals surface area (Å²) in [6.07, 6.45) is 2.96. The van der Waals surface area contributed by atoms with Gasteiger partial charge in [-0.15, -0.1) is 0 Å². The highest BCUT2D eigenvalue weighted by Crippen LogP contribution is 2.56. The SMILES string of the molecule is O=C(Oc1ccc([N+](=O)[O-])cc1)c1cccc(N2C(=O)[C@H]3[C@H]4CC[C@@H](C4)[C@@H]3C2=O)c1. The van der Waals surface area contributed by atoms with Crippen molar-refractivity contribution in [3.63, 3.8) is 0 Å². The molecule has 0 N–H and O–H groups in total. The van der Waals surface area contributed by atoms with Gasteiger partial charge >= 0.3 is 5.97 Å². The molecule has 3 fully saturated rings. The van der Waals surface area contributed by atoms with Gasteiger partial charge in [0.15, 0.2) is 0 Å². The molecule has 8 heteroatoms. The van der Waals surface area contributed by atoms with Crippen LogP contribution in [0.3, 0.4) is 0 Å². The van der Waals surface area contributed by atoms with Crippen LogP contribution in [0.5, 0.6) is 5.75 Å². The number of anilines is 1. The summed E-state index contributed by atoms with van der Waals surface area (Å²) in [6, 6.07) is 11.4. The number of imide groups is 1. The summed E-state index contributed by atoms with van der Waals surface area (Å²) in [5.41, 5.74) is 0.450. The fraction of sp³-hybridized carbons (Fsp3) is 0.318. The Labute approximate surface area is 171 Å². The van der Waals surface area contributed by atoms with Gasteiger partial charge in [0, 0.05) is 12.1 Å². The maximum absolute atomic E-state index is 13.0. The Bertz CT molecular complexity index is 1050. The second-order valence-electron chi connectivity index (χ2n) is 8.09. The highest BCUT2D eigenvalue weighted by Gasteiger charge is 2.61. The first kappa shape index (κ1) is 18.5. The Morgan fingerprint density at radius 3 is 2.23 bits per heavy atom. The number of esters is 1. The quantitative estimate of drug-likeness (QED) is 0.253. The lowest BCUT2D eigenvalue weighted by molar-refractivity contribution is -0.384. The number of rotatable bonds is 4. The summed E-state index contributed by atoms with van der Waals surface area (Å²) < 4.78 is 5.28. The van der Waals surface area contributed by atoms with Gasteiger partial charge in [-0.25, -0.2) is 4.79 Å². The molecule has 1 saturated heterocycles. The average Bonchev–Trinajstić information content (AvgIpc) is 3.42. The van der Waals surface area contributed by atoms with Crippen molar-refractivity contribution >= 4 is 29.2 Å². The normalized spacial score (nSPS) is 26.7. The third-order valence-electron chi connectivity index (χ3n) is 6.53. The minimum atomic E-state index is -0.676. The molecule has 4 atom stereocenters. The molecule has 1 heterocycles. The van der Waals surface area contributed by atoms with E-state index in [9.17, 15) is 24.5 Å². The van der Waals surface area contributed by atoms with Crippen molar-refractivity contribution < 1.29 is 24.0 Å². The van der Waals surface area contributed by atoms with Gasteiger partial charge in [-0.3, -0.25) is 24.6 Å². The molecular formula is C22H18N2O6. The number of ether oxygens (including phenoxy) is 1. The third kappa shape index (κ3) is 2.79. The molecule has 2 aliphatic carbocycles. The Morgan fingerprint density at radius 2 is 1.63 bits per heavy atom. The van der Waals surface area contributed by atoms with E-state index in [1.54, 1.807) is 12.1 Å². The molecular weight excluding hydrogens is 388 g/mol. The maximum Gasteiger partial charge on any atom is 0.343 e. The highest BCUT2D eigenvalue weighted by molar-refractivity contribution is 6.22. The van der Waals surface area contributed by atoms with Crippen molar-refractivity contribution in [1.29, 1.82) is 0 Å². The summed E-state index contributed by atoms with van der Waals surface area (Å²) in [6.45, 7) is 0. The Kier molecular flexibility index (Phi) is 4.16. The second kappa shape index (κ2) is 6.76. The fourth-order valence-corrected chi connectivity index (χ4v) is 5.24. The Morgan fingerprint density at radius 1 is 1.00 bits per heavy atom. The number of carbonyl (C=O) groups is 3. The van der Waals surface area contributed by atoms with Crippen molar-refractivity contribution in [3.8, 4) is 5.75 Å². The predicted octanol–water partition coefficient (Wildman–Crippen LogP) is 3.35. The zero-order chi connectivity index (χ0) is 21.0. The summed E-state index contributed by atoms with van der Waals surface area (Å²) in [5.74, 6) is -0.732. The molecule has 0 radical (unpaired) electrons. The van der Waals surface area contributed by atoms with Gasteiger partial charge in [0.2, 0.25) is 11.8 Å². The van der Waals surface area contributed by atoms with Crippen LogP contribution in [0.1, 0.15) is 29.6 Å². The van der Waals surface area contributed by atoms with E-state index in [4.69, 9.17) is 4.74 Å². The first-order valence-electron chi connectivity index (χ1n) is 9.88. The first-order chi connectivity index (χ1) is 14.4. The lowest BCUT2D eigenvalue weighted by Crippen LogP contribution is -2.32. The van der Waals surface area contributed by atoms with Crippen molar-refractivity contribution in [3.05, 3.63) is 64.2 Å². The largest absolute Gasteiger partial charge is 0.423 e. The van der Waals surface area contributed by atoms with E-state index in [1.165, 1.54) is 41.3 Å². The molecule has 2 bridgehead atoms. The Balaban J connectivity index is 1.37. The molecule has 1 aliphatic heterocycles. The average molecular weight is 406 g/mol. The van der Waals surface area contributed by atoms with Gasteiger partial charge < -0.3 is 4.74 Å². The van der Waals surface area contributed by atoms with Crippen molar-refractivity contribution in [2.75, 3.05) is 4.90 Å². The van der Waals surface area contributed by atoms with E-state index >= 15 is 0 Å². The topological polar surface area (TPSA) is 107 Å². The van der Waals surface area contributed by atoms with Crippen LogP contribution in [0.25, 0.3) is 0 Å². The van der Waals surface area contributed by atoms with E-state index in [0.717, 1.165) is 19.3 Å². The molecule has 2 aromatic carbocycles. The minimum Gasteiger partial charge on any atom is -0.423 e. The van der Waals surface area contributed by atoms with Crippen molar-refractivity contribution in [2.24, 2.45) is 23.7 Å². The summed E-state index contributed by atoms with van der Waals surface area (Å²) >= 11 is 0. The van der Waals surface area contributed by atoms with Crippen molar-refractivity contribution in [2.45, 2.75) is 19.3 Å². The predicted molar refractivity (Wildman–Crippen MR) is 105 cm³/mol. The lowest BCUT2D eigenvalue weighted by Gasteiger charge is -2.19. The number of nitro benzene ring substituents is 1. The van der Waals surface area contributed by atoms with Crippen molar-refractivity contribution in [1.82, 2.24) is 0 Å². The van der Waals surface area contributed by atoms with Gasteiger partial charge in [-0.05, 0) is 61.4 Å². The van der Waals surface area contributed by atoms with Gasteiger partial charge in [0.25, 0.3) is 5.69 Å². The van der Waals surface area contributed by atoms with Crippen LogP contribution in [0, 0.1) is 33.8 Å². The van der Waals surface area contributed by atoms with E-state index in [2.05, 4.69) is 0 Å². The van der Waals surface area contributed by atoms with Crippen LogP contribution in [0.15, 0.2) is 48.5 Å². The summed E-state index contributed by atoms with van der Waals surface area (Å²) in [4.78, 5) is 49.9. The van der Waals surface area contributed by atoms with Crippen LogP contribution in [0.2, 0.25) is 0 Å². The molecule has 30 heavy (non-hydrogen) atoms. The molecule has 0 aromatic heterocycles. The molecule has 5 rings (SSSR count). The zero-order valence-electron chi connectivity index (χ0n) is 15.9. The van der Waals surface area contributed by atoms with E-state index in [1.807, 2.05) is 0 Å². The van der Waals surface area contributed by atoms with E-state index in [-0.39, 0.29) is 52.5 Å². The lowest BCUT2D eigenvalue weighted by atomic mass is 9.81. The molecule has 152 valence electrons. The number of amides is 2. The standard InChI is InChI=1S/C22H18N2O6/c25-20-18-12-4-5-13(10-12)19(18)21(26)23(20)16-3-1-2-14(11-16)22(27)30-17-8-6-15(7-9-17)24(28)29/h1-3,6-9,11-13,18-19H,4-5,10H2/t12-,13-,18-,19-/m0/s1. The number of benzene rings is 2. The monoisotopic (exact) mass is 406 g/mol. The van der Waals surface area contributed by atoms with Crippen LogP contribution >= 0.6 is 0 Å². The molecule has 2 amide bonds. The number of carbonyl (C=O) groups excluding carboxylic acids is 3. The smallest absolute Gasteiger partial charge is 0.343 e. The summed E-state index contributed by atoms with van der Waals surface area (Å²) in [5, 5.41) is 10.7. The van der Waals surface area contributed by atoms with Crippen LogP contribution < -0.4 is 9.64 Å². The van der Waals surface area contributed by atoms with E-state index in [0.29, 0.717) is 5.69 Å². The van der Waals surface area contributed by atoms with Crippen LogP contribution in [-0.2, 0) is 9.59 Å². The molecule has 2 aromatic rings. The minimum absolute atomic E-state index is 0.109. The first-order valence-corrected chi connectivity index (χ1v) is 9.88. The maximum atomic E-state index is 13.0. The summed E-state index contributed by atoms with van der Waals surface area (Å²) in [7, 11) is 0. The fourth-order valence-electron chi connectivity index (χ4n) is 5.24. The van der Waals surface area contributed by atoms with Crippen LogP contribution in [0.4, 0.5) is 11.4 Å². The van der Waals surface area contributed by atoms with E-state index < -0.39 is 10.9 Å². The van der Waals surface area contributed by atoms with Gasteiger partial charge in [-0.1, -0.05) is 6.07 Å². The molecule has 2 saturated carbocycles. The highest BCUT2D eigenvalue weighted by atomic mass is 16.6. The Hall–Kier alpha value is -3.55. The zero-order valence-corrected chi connectivity index (χ0v) is 15.9. The third-order valence-corrected chi connectivity index (χ3v) is 6.53. The number of hydrogen-bond acceptors (Lipinski definition) is 6.